The topological polar surface area (TPSA) is 21.3 Å². The van der Waals surface area contributed by atoms with Crippen LogP contribution >= 0.6 is 11.3 Å². The predicted octanol–water partition coefficient (Wildman–Crippen LogP) is 2.86. The summed E-state index contributed by atoms with van der Waals surface area (Å²) >= 11 is 1.86. The molecule has 0 atom stereocenters. The van der Waals surface area contributed by atoms with Gasteiger partial charge in [-0.2, -0.15) is 0 Å². The molecule has 0 unspecified atom stereocenters. The van der Waals surface area contributed by atoms with Crippen LogP contribution in [0.3, 0.4) is 0 Å². The Hall–Kier alpha value is -0.380. The van der Waals surface area contributed by atoms with Gasteiger partial charge >= 0.3 is 0 Å². The van der Waals surface area contributed by atoms with Crippen LogP contribution in [0.2, 0.25) is 0 Å². The summed E-state index contributed by atoms with van der Waals surface area (Å²) < 4.78 is 5.57. The van der Waals surface area contributed by atoms with Gasteiger partial charge in [0.2, 0.25) is 0 Å². The zero-order chi connectivity index (χ0) is 11.8. The number of ether oxygens (including phenoxy) is 1. The molecule has 0 saturated carbocycles. The summed E-state index contributed by atoms with van der Waals surface area (Å²) in [5.41, 5.74) is 0. The SMILES string of the molecule is Cc1ccc(CCOCCNCC(C)C)s1. The van der Waals surface area contributed by atoms with E-state index in [2.05, 4.69) is 38.2 Å². The van der Waals surface area contributed by atoms with Crippen LogP contribution in [-0.2, 0) is 11.2 Å². The third kappa shape index (κ3) is 6.26. The smallest absolute Gasteiger partial charge is 0.0591 e. The zero-order valence-corrected chi connectivity index (χ0v) is 11.4. The predicted molar refractivity (Wildman–Crippen MR) is 71.3 cm³/mol. The minimum absolute atomic E-state index is 0.717. The third-order valence-electron chi connectivity index (χ3n) is 2.26. The molecular weight excluding hydrogens is 218 g/mol. The van der Waals surface area contributed by atoms with Crippen LogP contribution in [0, 0.1) is 12.8 Å². The Morgan fingerprint density at radius 2 is 2.12 bits per heavy atom. The summed E-state index contributed by atoms with van der Waals surface area (Å²) in [5, 5.41) is 3.37. The minimum atomic E-state index is 0.717. The highest BCUT2D eigenvalue weighted by molar-refractivity contribution is 7.11. The lowest BCUT2D eigenvalue weighted by atomic mass is 10.2. The summed E-state index contributed by atoms with van der Waals surface area (Å²) in [6.07, 6.45) is 1.04. The Labute approximate surface area is 103 Å². The highest BCUT2D eigenvalue weighted by Gasteiger charge is 1.97. The van der Waals surface area contributed by atoms with Crippen LogP contribution in [0.4, 0.5) is 0 Å². The van der Waals surface area contributed by atoms with Gasteiger partial charge in [-0.15, -0.1) is 11.3 Å². The molecule has 0 aliphatic rings. The lowest BCUT2D eigenvalue weighted by Crippen LogP contribution is -2.24. The maximum absolute atomic E-state index is 5.57. The minimum Gasteiger partial charge on any atom is -0.380 e. The molecule has 1 aromatic heterocycles. The molecule has 2 nitrogen and oxygen atoms in total. The standard InChI is InChI=1S/C13H23NOS/c1-11(2)10-14-7-9-15-8-6-13-5-4-12(3)16-13/h4-5,11,14H,6-10H2,1-3H3. The Bertz CT molecular complexity index is 283. The van der Waals surface area contributed by atoms with Crippen molar-refractivity contribution in [2.45, 2.75) is 27.2 Å². The second-order valence-electron chi connectivity index (χ2n) is 4.47. The number of hydrogen-bond donors (Lipinski definition) is 1. The molecule has 0 aromatic carbocycles. The van der Waals surface area contributed by atoms with Crippen molar-refractivity contribution in [1.29, 1.82) is 0 Å². The van der Waals surface area contributed by atoms with Crippen molar-refractivity contribution >= 4 is 11.3 Å². The van der Waals surface area contributed by atoms with E-state index >= 15 is 0 Å². The number of thiophene rings is 1. The first-order valence-electron chi connectivity index (χ1n) is 6.02. The van der Waals surface area contributed by atoms with E-state index in [0.29, 0.717) is 5.92 Å². The van der Waals surface area contributed by atoms with Crippen molar-refractivity contribution in [3.63, 3.8) is 0 Å². The van der Waals surface area contributed by atoms with E-state index in [9.17, 15) is 0 Å². The molecule has 1 N–H and O–H groups in total. The lowest BCUT2D eigenvalue weighted by molar-refractivity contribution is 0.139. The van der Waals surface area contributed by atoms with Gasteiger partial charge < -0.3 is 10.1 Å². The molecule has 0 fully saturated rings. The summed E-state index contributed by atoms with van der Waals surface area (Å²) in [5.74, 6) is 0.717. The molecule has 1 rings (SSSR count). The zero-order valence-electron chi connectivity index (χ0n) is 10.6. The first kappa shape index (κ1) is 13.7. The molecule has 0 spiro atoms. The lowest BCUT2D eigenvalue weighted by Gasteiger charge is -2.07. The van der Waals surface area contributed by atoms with E-state index in [0.717, 1.165) is 32.7 Å². The number of rotatable bonds is 8. The molecule has 0 bridgehead atoms. The summed E-state index contributed by atoms with van der Waals surface area (Å²) in [6.45, 7) is 10.3. The average molecular weight is 241 g/mol. The number of aryl methyl sites for hydroxylation is 1. The molecule has 92 valence electrons. The first-order valence-corrected chi connectivity index (χ1v) is 6.84. The van der Waals surface area contributed by atoms with Crippen molar-refractivity contribution in [2.24, 2.45) is 5.92 Å². The van der Waals surface area contributed by atoms with Crippen LogP contribution in [0.25, 0.3) is 0 Å². The van der Waals surface area contributed by atoms with Crippen LogP contribution < -0.4 is 5.32 Å². The van der Waals surface area contributed by atoms with Crippen molar-refractivity contribution in [3.8, 4) is 0 Å². The van der Waals surface area contributed by atoms with Crippen molar-refractivity contribution in [1.82, 2.24) is 5.32 Å². The van der Waals surface area contributed by atoms with Crippen LogP contribution in [0.1, 0.15) is 23.6 Å². The van der Waals surface area contributed by atoms with Crippen LogP contribution in [0.15, 0.2) is 12.1 Å². The van der Waals surface area contributed by atoms with Gasteiger partial charge in [-0.25, -0.2) is 0 Å². The molecule has 16 heavy (non-hydrogen) atoms. The van der Waals surface area contributed by atoms with Gasteiger partial charge in [-0.3, -0.25) is 0 Å². The summed E-state index contributed by atoms with van der Waals surface area (Å²) in [6, 6.07) is 4.37. The van der Waals surface area contributed by atoms with E-state index in [1.165, 1.54) is 9.75 Å². The molecule has 3 heteroatoms. The Morgan fingerprint density at radius 1 is 1.31 bits per heavy atom. The highest BCUT2D eigenvalue weighted by atomic mass is 32.1. The second kappa shape index (κ2) is 7.82. The summed E-state index contributed by atoms with van der Waals surface area (Å²) in [4.78, 5) is 2.81. The summed E-state index contributed by atoms with van der Waals surface area (Å²) in [7, 11) is 0. The van der Waals surface area contributed by atoms with Gasteiger partial charge in [0, 0.05) is 22.7 Å². The van der Waals surface area contributed by atoms with Crippen molar-refractivity contribution in [3.05, 3.63) is 21.9 Å². The molecule has 0 saturated heterocycles. The Kier molecular flexibility index (Phi) is 6.69. The van der Waals surface area contributed by atoms with Gasteiger partial charge in [0.05, 0.1) is 13.2 Å². The van der Waals surface area contributed by atoms with E-state index in [-0.39, 0.29) is 0 Å². The number of nitrogens with one attached hydrogen (secondary N) is 1. The normalized spacial score (nSPS) is 11.2. The molecule has 1 heterocycles. The fourth-order valence-electron chi connectivity index (χ4n) is 1.43. The maximum Gasteiger partial charge on any atom is 0.0591 e. The Morgan fingerprint density at radius 3 is 2.75 bits per heavy atom. The Balaban J connectivity index is 1.92. The largest absolute Gasteiger partial charge is 0.380 e. The van der Waals surface area contributed by atoms with Gasteiger partial charge in [0.15, 0.2) is 0 Å². The quantitative estimate of drug-likeness (QED) is 0.707. The number of hydrogen-bond acceptors (Lipinski definition) is 3. The molecular formula is C13H23NOS. The van der Waals surface area contributed by atoms with Gasteiger partial charge in [-0.05, 0) is 31.5 Å². The van der Waals surface area contributed by atoms with Crippen LogP contribution in [-0.4, -0.2) is 26.3 Å². The highest BCUT2D eigenvalue weighted by Crippen LogP contribution is 2.15. The molecule has 1 aromatic rings. The van der Waals surface area contributed by atoms with E-state index in [4.69, 9.17) is 4.74 Å². The van der Waals surface area contributed by atoms with E-state index < -0.39 is 0 Å². The van der Waals surface area contributed by atoms with Crippen molar-refractivity contribution in [2.75, 3.05) is 26.3 Å². The van der Waals surface area contributed by atoms with E-state index in [1.807, 2.05) is 11.3 Å². The van der Waals surface area contributed by atoms with Gasteiger partial charge in [0.1, 0.15) is 0 Å². The second-order valence-corrected chi connectivity index (χ2v) is 5.85. The molecule has 0 radical (unpaired) electrons. The maximum atomic E-state index is 5.57. The average Bonchev–Trinajstić information content (AvgIpc) is 2.62. The van der Waals surface area contributed by atoms with E-state index in [1.54, 1.807) is 0 Å². The molecule has 0 aliphatic carbocycles. The third-order valence-corrected chi connectivity index (χ3v) is 3.33. The fourth-order valence-corrected chi connectivity index (χ4v) is 2.30. The van der Waals surface area contributed by atoms with Gasteiger partial charge in [0.25, 0.3) is 0 Å². The van der Waals surface area contributed by atoms with Crippen molar-refractivity contribution < 1.29 is 4.74 Å². The fraction of sp³-hybridized carbons (Fsp3) is 0.692. The molecule has 0 aliphatic heterocycles. The first-order chi connectivity index (χ1) is 7.68. The van der Waals surface area contributed by atoms with Gasteiger partial charge in [-0.1, -0.05) is 13.8 Å². The monoisotopic (exact) mass is 241 g/mol. The van der Waals surface area contributed by atoms with Crippen LogP contribution in [0.5, 0.6) is 0 Å². The molecule has 0 amide bonds.